The minimum atomic E-state index is -0.356. The Morgan fingerprint density at radius 3 is 2.62 bits per heavy atom. The van der Waals surface area contributed by atoms with Crippen molar-refractivity contribution in [2.75, 3.05) is 13.1 Å². The largest absolute Gasteiger partial charge is 0.337 e. The van der Waals surface area contributed by atoms with Gasteiger partial charge in [-0.3, -0.25) is 14.2 Å². The smallest absolute Gasteiger partial charge is 0.264 e. The molecule has 1 fully saturated rings. The Morgan fingerprint density at radius 2 is 1.93 bits per heavy atom. The number of amides is 1. The number of carbonyl (C=O) groups excluding carboxylic acids is 1. The molecule has 1 saturated heterocycles. The van der Waals surface area contributed by atoms with Gasteiger partial charge in [0.2, 0.25) is 0 Å². The van der Waals surface area contributed by atoms with Crippen LogP contribution in [0.1, 0.15) is 41.1 Å². The van der Waals surface area contributed by atoms with E-state index in [0.29, 0.717) is 38.1 Å². The van der Waals surface area contributed by atoms with Crippen molar-refractivity contribution in [1.82, 2.24) is 14.5 Å². The zero-order valence-electron chi connectivity index (χ0n) is 16.8. The third kappa shape index (κ3) is 3.71. The fraction of sp³-hybridized carbons (Fsp3) is 0.409. The summed E-state index contributed by atoms with van der Waals surface area (Å²) < 4.78 is 15.4. The molecule has 0 unspecified atom stereocenters. The first-order chi connectivity index (χ1) is 13.8. The van der Waals surface area contributed by atoms with Crippen LogP contribution < -0.4 is 5.56 Å². The van der Waals surface area contributed by atoms with Crippen LogP contribution in [0.5, 0.6) is 0 Å². The Kier molecular flexibility index (Phi) is 5.25. The summed E-state index contributed by atoms with van der Waals surface area (Å²) in [6.07, 6.45) is 2.56. The average Bonchev–Trinajstić information content (AvgIpc) is 3.01. The van der Waals surface area contributed by atoms with Crippen molar-refractivity contribution >= 4 is 27.5 Å². The molecule has 0 saturated carbocycles. The molecule has 0 spiro atoms. The monoisotopic (exact) mass is 413 g/mol. The van der Waals surface area contributed by atoms with Crippen LogP contribution in [0.15, 0.2) is 35.4 Å². The van der Waals surface area contributed by atoms with E-state index in [1.807, 2.05) is 4.90 Å². The maximum absolute atomic E-state index is 14.0. The molecule has 1 aromatic carbocycles. The van der Waals surface area contributed by atoms with Crippen molar-refractivity contribution in [2.24, 2.45) is 11.8 Å². The van der Waals surface area contributed by atoms with Gasteiger partial charge >= 0.3 is 0 Å². The van der Waals surface area contributed by atoms with Crippen LogP contribution in [0.25, 0.3) is 10.2 Å². The molecular weight excluding hydrogens is 389 g/mol. The van der Waals surface area contributed by atoms with Gasteiger partial charge in [-0.1, -0.05) is 32.0 Å². The summed E-state index contributed by atoms with van der Waals surface area (Å²) >= 11 is 1.27. The van der Waals surface area contributed by atoms with E-state index in [1.54, 1.807) is 25.1 Å². The topological polar surface area (TPSA) is 55.2 Å². The van der Waals surface area contributed by atoms with Crippen molar-refractivity contribution in [3.05, 3.63) is 62.8 Å². The first-order valence-electron chi connectivity index (χ1n) is 9.86. The molecule has 7 heteroatoms. The number of nitrogens with zero attached hydrogens (tertiary/aromatic N) is 3. The van der Waals surface area contributed by atoms with Crippen LogP contribution in [0, 0.1) is 24.6 Å². The highest BCUT2D eigenvalue weighted by molar-refractivity contribution is 7.20. The second-order valence-corrected chi connectivity index (χ2v) is 9.16. The number of likely N-dealkylation sites (tertiary alicyclic amines) is 1. The van der Waals surface area contributed by atoms with Gasteiger partial charge < -0.3 is 4.90 Å². The van der Waals surface area contributed by atoms with Crippen molar-refractivity contribution in [2.45, 2.75) is 33.7 Å². The van der Waals surface area contributed by atoms with Gasteiger partial charge in [0.25, 0.3) is 11.5 Å². The molecule has 0 aliphatic carbocycles. The minimum Gasteiger partial charge on any atom is -0.337 e. The Labute approximate surface area is 172 Å². The Hall–Kier alpha value is -2.54. The van der Waals surface area contributed by atoms with Crippen LogP contribution >= 0.6 is 11.3 Å². The molecule has 2 aromatic heterocycles. The van der Waals surface area contributed by atoms with Crippen LogP contribution in [-0.2, 0) is 6.54 Å². The van der Waals surface area contributed by atoms with Crippen LogP contribution in [0.4, 0.5) is 4.39 Å². The normalized spacial score (nSPS) is 19.7. The Bertz CT molecular complexity index is 1130. The average molecular weight is 414 g/mol. The number of rotatable bonds is 3. The van der Waals surface area contributed by atoms with Gasteiger partial charge in [0.1, 0.15) is 10.6 Å². The molecule has 1 aliphatic heterocycles. The van der Waals surface area contributed by atoms with Crippen molar-refractivity contribution in [1.29, 1.82) is 0 Å². The van der Waals surface area contributed by atoms with E-state index >= 15 is 0 Å². The zero-order chi connectivity index (χ0) is 20.7. The van der Waals surface area contributed by atoms with Crippen molar-refractivity contribution in [3.8, 4) is 0 Å². The highest BCUT2D eigenvalue weighted by atomic mass is 32.1. The number of carbonyl (C=O) groups is 1. The number of fused-ring (bicyclic) bond motifs is 1. The lowest BCUT2D eigenvalue weighted by Gasteiger charge is -2.34. The summed E-state index contributed by atoms with van der Waals surface area (Å²) in [4.78, 5) is 33.7. The van der Waals surface area contributed by atoms with Gasteiger partial charge in [0.05, 0.1) is 23.1 Å². The molecule has 3 aromatic rings. The van der Waals surface area contributed by atoms with E-state index in [9.17, 15) is 14.0 Å². The number of hydrogen-bond donors (Lipinski definition) is 0. The molecule has 2 atom stereocenters. The van der Waals surface area contributed by atoms with E-state index in [4.69, 9.17) is 0 Å². The SMILES string of the molecule is Cc1c(C(=O)N2C[C@H](C)C[C@@H](C)C2)sc2ncn(Cc3ccccc3F)c(=O)c12. The number of aromatic nitrogens is 2. The first-order valence-corrected chi connectivity index (χ1v) is 10.7. The second-order valence-electron chi connectivity index (χ2n) is 8.16. The van der Waals surface area contributed by atoms with Gasteiger partial charge in [0, 0.05) is 18.7 Å². The standard InChI is InChI=1S/C22H24FN3O2S/c1-13-8-14(2)10-25(9-13)22(28)19-15(3)18-20(29-19)24-12-26(21(18)27)11-16-6-4-5-7-17(16)23/h4-7,12-14H,8-11H2,1-3H3/t13-,14-/m1/s1. The van der Waals surface area contributed by atoms with E-state index in [-0.39, 0.29) is 23.8 Å². The third-order valence-corrected chi connectivity index (χ3v) is 6.75. The number of benzene rings is 1. The Balaban J connectivity index is 1.71. The molecule has 0 radical (unpaired) electrons. The van der Waals surface area contributed by atoms with Gasteiger partial charge in [0.15, 0.2) is 0 Å². The van der Waals surface area contributed by atoms with Crippen LogP contribution in [0.2, 0.25) is 0 Å². The summed E-state index contributed by atoms with van der Waals surface area (Å²) in [5, 5.41) is 0.454. The van der Waals surface area contributed by atoms with E-state index in [2.05, 4.69) is 18.8 Å². The number of halogens is 1. The first kappa shape index (κ1) is 19.8. The summed E-state index contributed by atoms with van der Waals surface area (Å²) in [5.41, 5.74) is 0.851. The fourth-order valence-electron chi connectivity index (χ4n) is 4.26. The van der Waals surface area contributed by atoms with Gasteiger partial charge in [-0.15, -0.1) is 11.3 Å². The lowest BCUT2D eigenvalue weighted by Crippen LogP contribution is -2.42. The molecule has 5 nitrogen and oxygen atoms in total. The predicted molar refractivity (Wildman–Crippen MR) is 113 cm³/mol. The van der Waals surface area contributed by atoms with Crippen molar-refractivity contribution < 1.29 is 9.18 Å². The second kappa shape index (κ2) is 7.71. The third-order valence-electron chi connectivity index (χ3n) is 5.57. The van der Waals surface area contributed by atoms with Gasteiger partial charge in [-0.2, -0.15) is 0 Å². The van der Waals surface area contributed by atoms with E-state index in [1.165, 1.54) is 28.3 Å². The molecule has 1 aliphatic rings. The highest BCUT2D eigenvalue weighted by Crippen LogP contribution is 2.30. The van der Waals surface area contributed by atoms with Crippen LogP contribution in [-0.4, -0.2) is 33.4 Å². The summed E-state index contributed by atoms with van der Waals surface area (Å²) in [5.74, 6) is 0.553. The molecule has 4 rings (SSSR count). The highest BCUT2D eigenvalue weighted by Gasteiger charge is 2.29. The van der Waals surface area contributed by atoms with Gasteiger partial charge in [-0.25, -0.2) is 9.37 Å². The lowest BCUT2D eigenvalue weighted by molar-refractivity contribution is 0.0627. The number of aryl methyl sites for hydroxylation is 1. The predicted octanol–water partition coefficient (Wildman–Crippen LogP) is 4.07. The van der Waals surface area contributed by atoms with Crippen LogP contribution in [0.3, 0.4) is 0 Å². The summed E-state index contributed by atoms with van der Waals surface area (Å²) in [6, 6.07) is 6.38. The minimum absolute atomic E-state index is 0.0241. The molecule has 0 N–H and O–H groups in total. The molecule has 3 heterocycles. The zero-order valence-corrected chi connectivity index (χ0v) is 17.6. The summed E-state index contributed by atoms with van der Waals surface area (Å²) in [6.45, 7) is 7.71. The maximum Gasteiger partial charge on any atom is 0.264 e. The fourth-order valence-corrected chi connectivity index (χ4v) is 5.37. The van der Waals surface area contributed by atoms with E-state index < -0.39 is 0 Å². The molecule has 1 amide bonds. The number of piperidine rings is 1. The Morgan fingerprint density at radius 1 is 1.24 bits per heavy atom. The van der Waals surface area contributed by atoms with E-state index in [0.717, 1.165) is 19.5 Å². The molecular formula is C22H24FN3O2S. The molecule has 0 bridgehead atoms. The number of hydrogen-bond acceptors (Lipinski definition) is 4. The number of thiophene rings is 1. The lowest BCUT2D eigenvalue weighted by atomic mass is 9.92. The summed E-state index contributed by atoms with van der Waals surface area (Å²) in [7, 11) is 0. The van der Waals surface area contributed by atoms with Crippen molar-refractivity contribution in [3.63, 3.8) is 0 Å². The quantitative estimate of drug-likeness (QED) is 0.650. The molecule has 152 valence electrons. The van der Waals surface area contributed by atoms with Gasteiger partial charge in [-0.05, 0) is 36.8 Å². The molecule has 29 heavy (non-hydrogen) atoms. The maximum atomic E-state index is 14.0.